The van der Waals surface area contributed by atoms with Crippen LogP contribution in [-0.4, -0.2) is 11.9 Å². The van der Waals surface area contributed by atoms with Gasteiger partial charge in [-0.05, 0) is 26.7 Å². The van der Waals surface area contributed by atoms with Crippen LogP contribution in [-0.2, 0) is 4.79 Å². The van der Waals surface area contributed by atoms with Crippen molar-refractivity contribution in [1.82, 2.24) is 5.32 Å². The lowest BCUT2D eigenvalue weighted by Gasteiger charge is -2.22. The molecule has 0 saturated heterocycles. The zero-order chi connectivity index (χ0) is 9.68. The van der Waals surface area contributed by atoms with E-state index in [4.69, 9.17) is 0 Å². The fraction of sp³-hybridized carbons (Fsp3) is 0.727. The Labute approximate surface area is 80.4 Å². The van der Waals surface area contributed by atoms with Crippen molar-refractivity contribution < 1.29 is 4.79 Å². The summed E-state index contributed by atoms with van der Waals surface area (Å²) in [5, 5.41) is 3.06. The highest BCUT2D eigenvalue weighted by Gasteiger charge is 2.15. The van der Waals surface area contributed by atoms with Gasteiger partial charge in [0.2, 0.25) is 5.91 Å². The lowest BCUT2D eigenvalue weighted by molar-refractivity contribution is -0.118. The van der Waals surface area contributed by atoms with Gasteiger partial charge in [0.25, 0.3) is 0 Å². The first-order valence-corrected chi connectivity index (χ1v) is 5.18. The molecule has 1 N–H and O–H groups in total. The van der Waals surface area contributed by atoms with Crippen molar-refractivity contribution >= 4 is 5.91 Å². The summed E-state index contributed by atoms with van der Waals surface area (Å²) in [5.74, 6) is 0.106. The summed E-state index contributed by atoms with van der Waals surface area (Å²) in [5.41, 5.74) is 0.825. The van der Waals surface area contributed by atoms with E-state index in [1.54, 1.807) is 0 Å². The summed E-state index contributed by atoms with van der Waals surface area (Å²) in [6.07, 6.45) is 8.03. The van der Waals surface area contributed by atoms with Gasteiger partial charge in [-0.1, -0.05) is 25.3 Å². The Morgan fingerprint density at radius 1 is 1.31 bits per heavy atom. The van der Waals surface area contributed by atoms with E-state index in [9.17, 15) is 4.79 Å². The first-order valence-electron chi connectivity index (χ1n) is 5.18. The molecule has 2 heteroatoms. The summed E-state index contributed by atoms with van der Waals surface area (Å²) in [4.78, 5) is 11.5. The van der Waals surface area contributed by atoms with Crippen LogP contribution in [0.3, 0.4) is 0 Å². The van der Waals surface area contributed by atoms with Crippen LogP contribution in [0.25, 0.3) is 0 Å². The molecule has 0 atom stereocenters. The molecule has 1 fully saturated rings. The Balaban J connectivity index is 2.34. The first kappa shape index (κ1) is 10.3. The SMILES string of the molecule is C/C=C(\C)C(=O)NC1CCCCC1. The quantitative estimate of drug-likeness (QED) is 0.651. The van der Waals surface area contributed by atoms with Crippen molar-refractivity contribution in [1.29, 1.82) is 0 Å². The molecule has 2 nitrogen and oxygen atoms in total. The van der Waals surface area contributed by atoms with Crippen LogP contribution in [0.5, 0.6) is 0 Å². The van der Waals surface area contributed by atoms with E-state index < -0.39 is 0 Å². The van der Waals surface area contributed by atoms with Gasteiger partial charge >= 0.3 is 0 Å². The third kappa shape index (κ3) is 3.21. The summed E-state index contributed by atoms with van der Waals surface area (Å²) in [7, 11) is 0. The molecule has 1 saturated carbocycles. The first-order chi connectivity index (χ1) is 6.24. The lowest BCUT2D eigenvalue weighted by Crippen LogP contribution is -2.36. The van der Waals surface area contributed by atoms with E-state index in [-0.39, 0.29) is 5.91 Å². The normalized spacial score (nSPS) is 20.0. The molecule has 0 aromatic rings. The monoisotopic (exact) mass is 181 g/mol. The van der Waals surface area contributed by atoms with E-state index in [2.05, 4.69) is 5.32 Å². The zero-order valence-electron chi connectivity index (χ0n) is 8.60. The molecule has 0 unspecified atom stereocenters. The summed E-state index contributed by atoms with van der Waals surface area (Å²) in [6, 6.07) is 0.427. The second-order valence-corrected chi connectivity index (χ2v) is 3.78. The third-order valence-electron chi connectivity index (χ3n) is 2.73. The number of hydrogen-bond donors (Lipinski definition) is 1. The number of hydrogen-bond acceptors (Lipinski definition) is 1. The maximum absolute atomic E-state index is 11.5. The molecule has 0 radical (unpaired) electrons. The van der Waals surface area contributed by atoms with Crippen molar-refractivity contribution in [2.24, 2.45) is 0 Å². The molecule has 74 valence electrons. The molecule has 0 aromatic heterocycles. The minimum Gasteiger partial charge on any atom is -0.350 e. The average molecular weight is 181 g/mol. The van der Waals surface area contributed by atoms with Crippen molar-refractivity contribution in [3.63, 3.8) is 0 Å². The van der Waals surface area contributed by atoms with Gasteiger partial charge in [-0.15, -0.1) is 0 Å². The topological polar surface area (TPSA) is 29.1 Å². The predicted molar refractivity (Wildman–Crippen MR) is 54.4 cm³/mol. The van der Waals surface area contributed by atoms with Gasteiger partial charge in [-0.25, -0.2) is 0 Å². The van der Waals surface area contributed by atoms with E-state index in [0.29, 0.717) is 6.04 Å². The molecular formula is C11H19NO. The minimum absolute atomic E-state index is 0.106. The summed E-state index contributed by atoms with van der Waals surface area (Å²) in [6.45, 7) is 3.76. The molecule has 1 rings (SSSR count). The van der Waals surface area contributed by atoms with Crippen molar-refractivity contribution in [3.8, 4) is 0 Å². The largest absolute Gasteiger partial charge is 0.350 e. The Hall–Kier alpha value is -0.790. The Morgan fingerprint density at radius 3 is 2.46 bits per heavy atom. The summed E-state index contributed by atoms with van der Waals surface area (Å²) >= 11 is 0. The Bertz CT molecular complexity index is 202. The smallest absolute Gasteiger partial charge is 0.246 e. The van der Waals surface area contributed by atoms with Crippen LogP contribution in [0.1, 0.15) is 46.0 Å². The molecule has 0 aromatic carbocycles. The Morgan fingerprint density at radius 2 is 1.92 bits per heavy atom. The highest BCUT2D eigenvalue weighted by Crippen LogP contribution is 2.17. The van der Waals surface area contributed by atoms with Crippen LogP contribution in [0.4, 0.5) is 0 Å². The maximum Gasteiger partial charge on any atom is 0.246 e. The third-order valence-corrected chi connectivity index (χ3v) is 2.73. The number of carbonyl (C=O) groups excluding carboxylic acids is 1. The van der Waals surface area contributed by atoms with Crippen LogP contribution < -0.4 is 5.32 Å². The van der Waals surface area contributed by atoms with Crippen molar-refractivity contribution in [2.45, 2.75) is 52.0 Å². The van der Waals surface area contributed by atoms with Crippen molar-refractivity contribution in [2.75, 3.05) is 0 Å². The van der Waals surface area contributed by atoms with Gasteiger partial charge in [0.1, 0.15) is 0 Å². The van der Waals surface area contributed by atoms with Gasteiger partial charge in [0.15, 0.2) is 0 Å². The Kier molecular flexibility index (Phi) is 4.00. The minimum atomic E-state index is 0.106. The van der Waals surface area contributed by atoms with Gasteiger partial charge in [-0.3, -0.25) is 4.79 Å². The van der Waals surface area contributed by atoms with Crippen LogP contribution in [0.15, 0.2) is 11.6 Å². The van der Waals surface area contributed by atoms with Crippen LogP contribution >= 0.6 is 0 Å². The number of rotatable bonds is 2. The van der Waals surface area contributed by atoms with Gasteiger partial charge < -0.3 is 5.32 Å². The van der Waals surface area contributed by atoms with Crippen molar-refractivity contribution in [3.05, 3.63) is 11.6 Å². The highest BCUT2D eigenvalue weighted by atomic mass is 16.1. The zero-order valence-corrected chi connectivity index (χ0v) is 8.60. The van der Waals surface area contributed by atoms with Crippen LogP contribution in [0, 0.1) is 0 Å². The standard InChI is InChI=1S/C11H19NO/c1-3-9(2)11(13)12-10-7-5-4-6-8-10/h3,10H,4-8H2,1-2H3,(H,12,13)/b9-3+. The van der Waals surface area contributed by atoms with E-state index in [1.807, 2.05) is 19.9 Å². The predicted octanol–water partition coefficient (Wildman–Crippen LogP) is 2.40. The second kappa shape index (κ2) is 5.05. The van der Waals surface area contributed by atoms with Gasteiger partial charge in [-0.2, -0.15) is 0 Å². The van der Waals surface area contributed by atoms with E-state index in [1.165, 1.54) is 19.3 Å². The maximum atomic E-state index is 11.5. The molecule has 0 spiro atoms. The number of carbonyl (C=O) groups is 1. The molecule has 1 aliphatic rings. The highest BCUT2D eigenvalue weighted by molar-refractivity contribution is 5.92. The van der Waals surface area contributed by atoms with Crippen LogP contribution in [0.2, 0.25) is 0 Å². The fourth-order valence-corrected chi connectivity index (χ4v) is 1.68. The fourth-order valence-electron chi connectivity index (χ4n) is 1.68. The number of nitrogens with one attached hydrogen (secondary N) is 1. The molecule has 0 bridgehead atoms. The second-order valence-electron chi connectivity index (χ2n) is 3.78. The molecule has 1 amide bonds. The average Bonchev–Trinajstić information content (AvgIpc) is 2.18. The molecule has 1 aliphatic carbocycles. The molecule has 0 heterocycles. The summed E-state index contributed by atoms with van der Waals surface area (Å²) < 4.78 is 0. The van der Waals surface area contributed by atoms with Gasteiger partial charge in [0.05, 0.1) is 0 Å². The van der Waals surface area contributed by atoms with E-state index in [0.717, 1.165) is 18.4 Å². The number of amides is 1. The lowest BCUT2D eigenvalue weighted by atomic mass is 9.95. The molecular weight excluding hydrogens is 162 g/mol. The molecule has 13 heavy (non-hydrogen) atoms. The van der Waals surface area contributed by atoms with Gasteiger partial charge in [0, 0.05) is 11.6 Å². The number of allylic oxidation sites excluding steroid dienone is 1. The molecule has 0 aliphatic heterocycles. The van der Waals surface area contributed by atoms with E-state index >= 15 is 0 Å².